The number of hydrogen-bond acceptors (Lipinski definition) is 5. The fourth-order valence-corrected chi connectivity index (χ4v) is 2.71. The molecule has 7 heteroatoms. The molecule has 0 fully saturated rings. The minimum Gasteiger partial charge on any atom is -0.339 e. The molecule has 0 unspecified atom stereocenters. The van der Waals surface area contributed by atoms with E-state index in [0.29, 0.717) is 27.5 Å². The van der Waals surface area contributed by atoms with Crippen molar-refractivity contribution in [3.8, 4) is 0 Å². The molecule has 122 valence electrons. The van der Waals surface area contributed by atoms with E-state index >= 15 is 0 Å². The third kappa shape index (κ3) is 4.13. The lowest BCUT2D eigenvalue weighted by molar-refractivity contribution is 0.982. The zero-order valence-electron chi connectivity index (χ0n) is 13.1. The molecule has 0 aliphatic heterocycles. The van der Waals surface area contributed by atoms with Crippen molar-refractivity contribution in [2.24, 2.45) is 0 Å². The molecule has 24 heavy (non-hydrogen) atoms. The van der Waals surface area contributed by atoms with Crippen LogP contribution in [0.2, 0.25) is 10.0 Å². The number of halogens is 2. The first-order chi connectivity index (χ1) is 11.5. The van der Waals surface area contributed by atoms with E-state index < -0.39 is 0 Å². The van der Waals surface area contributed by atoms with E-state index in [1.165, 1.54) is 0 Å². The van der Waals surface area contributed by atoms with E-state index in [4.69, 9.17) is 23.2 Å². The molecule has 0 aliphatic carbocycles. The van der Waals surface area contributed by atoms with Crippen molar-refractivity contribution >= 4 is 46.3 Å². The van der Waals surface area contributed by atoms with Gasteiger partial charge < -0.3 is 10.6 Å². The lowest BCUT2D eigenvalue weighted by Crippen LogP contribution is -2.03. The van der Waals surface area contributed by atoms with Crippen molar-refractivity contribution in [1.82, 2.24) is 15.2 Å². The first-order valence-electron chi connectivity index (χ1n) is 7.27. The number of nitrogens with one attached hydrogen (secondary N) is 2. The zero-order chi connectivity index (χ0) is 17.1. The fraction of sp³-hybridized carbons (Fsp3) is 0.118. The molecule has 0 aliphatic rings. The Labute approximate surface area is 150 Å². The summed E-state index contributed by atoms with van der Waals surface area (Å²) in [5, 5.41) is 15.3. The number of nitrogens with zero attached hydrogens (tertiary/aromatic N) is 3. The van der Waals surface area contributed by atoms with Gasteiger partial charge >= 0.3 is 0 Å². The second-order valence-electron chi connectivity index (χ2n) is 5.39. The smallest absolute Gasteiger partial charge is 0.249 e. The maximum absolute atomic E-state index is 5.99. The summed E-state index contributed by atoms with van der Waals surface area (Å²) in [6.07, 6.45) is 1.57. The summed E-state index contributed by atoms with van der Waals surface area (Å²) < 4.78 is 0. The van der Waals surface area contributed by atoms with Gasteiger partial charge in [-0.05, 0) is 49.2 Å². The van der Waals surface area contributed by atoms with Gasteiger partial charge in [0.2, 0.25) is 5.95 Å². The Kier molecular flexibility index (Phi) is 4.83. The van der Waals surface area contributed by atoms with Crippen molar-refractivity contribution in [3.63, 3.8) is 0 Å². The quantitative estimate of drug-likeness (QED) is 0.663. The molecular weight excluding hydrogens is 345 g/mol. The number of rotatable bonds is 4. The van der Waals surface area contributed by atoms with Crippen LogP contribution in [0, 0.1) is 13.8 Å². The summed E-state index contributed by atoms with van der Waals surface area (Å²) in [6, 6.07) is 11.3. The SMILES string of the molecule is Cc1ccc(C)c(Nc2cnnc(Nc3cc(Cl)cc(Cl)c3)n2)c1. The molecule has 0 atom stereocenters. The summed E-state index contributed by atoms with van der Waals surface area (Å²) in [7, 11) is 0. The molecule has 2 N–H and O–H groups in total. The van der Waals surface area contributed by atoms with Crippen LogP contribution in [0.1, 0.15) is 11.1 Å². The normalized spacial score (nSPS) is 10.5. The average Bonchev–Trinajstić information content (AvgIpc) is 2.50. The van der Waals surface area contributed by atoms with Gasteiger partial charge in [-0.3, -0.25) is 0 Å². The second-order valence-corrected chi connectivity index (χ2v) is 6.26. The third-order valence-corrected chi connectivity index (χ3v) is 3.77. The minimum absolute atomic E-state index is 0.351. The molecule has 3 aromatic rings. The Morgan fingerprint density at radius 2 is 1.67 bits per heavy atom. The fourth-order valence-electron chi connectivity index (χ4n) is 2.18. The van der Waals surface area contributed by atoms with Crippen LogP contribution in [0.15, 0.2) is 42.6 Å². The van der Waals surface area contributed by atoms with E-state index in [0.717, 1.165) is 16.8 Å². The Balaban J connectivity index is 1.82. The molecule has 3 rings (SSSR count). The van der Waals surface area contributed by atoms with E-state index in [9.17, 15) is 0 Å². The molecule has 0 spiro atoms. The summed E-state index contributed by atoms with van der Waals surface area (Å²) >= 11 is 12.0. The molecule has 0 radical (unpaired) electrons. The number of benzene rings is 2. The molecule has 2 aromatic carbocycles. The largest absolute Gasteiger partial charge is 0.339 e. The first-order valence-corrected chi connectivity index (χ1v) is 8.02. The number of hydrogen-bond donors (Lipinski definition) is 2. The van der Waals surface area contributed by atoms with Crippen LogP contribution in [0.4, 0.5) is 23.1 Å². The van der Waals surface area contributed by atoms with E-state index in [-0.39, 0.29) is 0 Å². The maximum Gasteiger partial charge on any atom is 0.249 e. The highest BCUT2D eigenvalue weighted by atomic mass is 35.5. The van der Waals surface area contributed by atoms with Crippen LogP contribution >= 0.6 is 23.2 Å². The molecule has 0 saturated carbocycles. The highest BCUT2D eigenvalue weighted by molar-refractivity contribution is 6.35. The summed E-state index contributed by atoms with van der Waals surface area (Å²) in [5.41, 5.74) is 3.96. The minimum atomic E-state index is 0.351. The van der Waals surface area contributed by atoms with Crippen LogP contribution in [0.5, 0.6) is 0 Å². The highest BCUT2D eigenvalue weighted by Gasteiger charge is 2.05. The molecule has 1 heterocycles. The van der Waals surface area contributed by atoms with Gasteiger partial charge in [-0.2, -0.15) is 10.1 Å². The number of aromatic nitrogens is 3. The van der Waals surface area contributed by atoms with Gasteiger partial charge in [-0.1, -0.05) is 35.3 Å². The van der Waals surface area contributed by atoms with Gasteiger partial charge in [0.15, 0.2) is 5.82 Å². The topological polar surface area (TPSA) is 62.7 Å². The van der Waals surface area contributed by atoms with Crippen molar-refractivity contribution in [2.75, 3.05) is 10.6 Å². The van der Waals surface area contributed by atoms with E-state index in [2.05, 4.69) is 44.0 Å². The number of aryl methyl sites for hydroxylation is 2. The molecule has 0 bridgehead atoms. The molecule has 1 aromatic heterocycles. The summed E-state index contributed by atoms with van der Waals surface area (Å²) in [6.45, 7) is 4.07. The van der Waals surface area contributed by atoms with Crippen LogP contribution in [-0.2, 0) is 0 Å². The summed E-state index contributed by atoms with van der Waals surface area (Å²) in [5.74, 6) is 0.943. The van der Waals surface area contributed by atoms with Gasteiger partial charge in [0.05, 0.1) is 6.20 Å². The van der Waals surface area contributed by atoms with Crippen LogP contribution < -0.4 is 10.6 Å². The molecule has 0 saturated heterocycles. The van der Waals surface area contributed by atoms with Crippen molar-refractivity contribution in [2.45, 2.75) is 13.8 Å². The van der Waals surface area contributed by atoms with Gasteiger partial charge in [0.25, 0.3) is 0 Å². The monoisotopic (exact) mass is 359 g/mol. The van der Waals surface area contributed by atoms with Crippen LogP contribution in [0.3, 0.4) is 0 Å². The molecular formula is C17H15Cl2N5. The molecule has 0 amide bonds. The first kappa shape index (κ1) is 16.5. The van der Waals surface area contributed by atoms with Gasteiger partial charge in [0.1, 0.15) is 0 Å². The van der Waals surface area contributed by atoms with Crippen LogP contribution in [0.25, 0.3) is 0 Å². The van der Waals surface area contributed by atoms with Gasteiger partial charge in [0, 0.05) is 21.4 Å². The second kappa shape index (κ2) is 7.03. The van der Waals surface area contributed by atoms with Gasteiger partial charge in [-0.15, -0.1) is 5.10 Å². The van der Waals surface area contributed by atoms with Crippen molar-refractivity contribution in [1.29, 1.82) is 0 Å². The maximum atomic E-state index is 5.99. The zero-order valence-corrected chi connectivity index (χ0v) is 14.7. The third-order valence-electron chi connectivity index (χ3n) is 3.33. The van der Waals surface area contributed by atoms with Crippen molar-refractivity contribution < 1.29 is 0 Å². The Morgan fingerprint density at radius 1 is 0.917 bits per heavy atom. The predicted octanol–water partition coefficient (Wildman–Crippen LogP) is 5.28. The lowest BCUT2D eigenvalue weighted by atomic mass is 10.1. The standard InChI is InChI=1S/C17H15Cl2N5/c1-10-3-4-11(2)15(5-10)22-16-9-20-24-17(23-16)21-14-7-12(18)6-13(19)8-14/h3-9H,1-2H3,(H2,21,22,23,24). The Morgan fingerprint density at radius 3 is 2.42 bits per heavy atom. The summed E-state index contributed by atoms with van der Waals surface area (Å²) in [4.78, 5) is 4.41. The van der Waals surface area contributed by atoms with Gasteiger partial charge in [-0.25, -0.2) is 0 Å². The van der Waals surface area contributed by atoms with E-state index in [1.807, 2.05) is 13.8 Å². The molecule has 5 nitrogen and oxygen atoms in total. The Hall–Kier alpha value is -2.37. The van der Waals surface area contributed by atoms with Crippen molar-refractivity contribution in [3.05, 3.63) is 63.8 Å². The van der Waals surface area contributed by atoms with Crippen LogP contribution in [-0.4, -0.2) is 15.2 Å². The van der Waals surface area contributed by atoms with E-state index in [1.54, 1.807) is 24.4 Å². The highest BCUT2D eigenvalue weighted by Crippen LogP contribution is 2.25. The predicted molar refractivity (Wildman–Crippen MR) is 98.8 cm³/mol. The Bertz CT molecular complexity index is 862. The average molecular weight is 360 g/mol. The number of anilines is 4. The lowest BCUT2D eigenvalue weighted by Gasteiger charge is -2.11.